The van der Waals surface area contributed by atoms with Crippen molar-refractivity contribution >= 4 is 23.4 Å². The van der Waals surface area contributed by atoms with Gasteiger partial charge in [-0.05, 0) is 87.9 Å². The number of Topliss-reactive ketones (excluding diaryl/α,β-unsaturated/α-hetero) is 2. The van der Waals surface area contributed by atoms with Crippen molar-refractivity contribution in [1.29, 1.82) is 0 Å². The summed E-state index contributed by atoms with van der Waals surface area (Å²) in [7, 11) is 1.97. The minimum Gasteiger partial charge on any atom is -0.462 e. The number of nitrogens with one attached hydrogen (secondary N) is 1. The van der Waals surface area contributed by atoms with Gasteiger partial charge in [-0.1, -0.05) is 44.9 Å². The Morgan fingerprint density at radius 2 is 1.71 bits per heavy atom. The van der Waals surface area contributed by atoms with Gasteiger partial charge in [-0.2, -0.15) is 0 Å². The third-order valence-corrected chi connectivity index (χ3v) is 8.47. The summed E-state index contributed by atoms with van der Waals surface area (Å²) in [5.41, 5.74) is 5.72. The fraction of sp³-hybridized carbons (Fsp3) is 0.706. The molecule has 0 radical (unpaired) electrons. The quantitative estimate of drug-likeness (QED) is 0.135. The lowest BCUT2D eigenvalue weighted by Gasteiger charge is -2.34. The van der Waals surface area contributed by atoms with Gasteiger partial charge in [-0.25, -0.2) is 5.48 Å². The number of hydrogen-bond acceptors (Lipinski definition) is 7. The molecule has 1 heterocycles. The molecule has 1 aliphatic heterocycles. The fourth-order valence-corrected chi connectivity index (χ4v) is 6.20. The van der Waals surface area contributed by atoms with E-state index < -0.39 is 0 Å². The number of likely N-dealkylation sites (N-methyl/N-ethyl adjacent to an activating group) is 1. The zero-order valence-electron chi connectivity index (χ0n) is 26.3. The number of unbranched alkanes of at least 4 members (excludes halogenated alkanes) is 3. The maximum Gasteiger partial charge on any atom is 0.309 e. The number of nitrogens with zero attached hydrogens (tertiary/aromatic N) is 1. The molecule has 0 spiro atoms. The maximum absolute atomic E-state index is 13.5. The molecular weight excluding hydrogens is 532 g/mol. The third kappa shape index (κ3) is 11.3. The summed E-state index contributed by atoms with van der Waals surface area (Å²) in [5, 5.41) is 0. The molecule has 1 amide bonds. The average molecular weight is 585 g/mol. The number of carbonyl (C=O) groups excluding carboxylic acids is 4. The zero-order chi connectivity index (χ0) is 30.5. The van der Waals surface area contributed by atoms with Crippen LogP contribution in [-0.2, 0) is 48.1 Å². The highest BCUT2D eigenvalue weighted by Gasteiger charge is 2.34. The largest absolute Gasteiger partial charge is 0.462 e. The Bertz CT molecular complexity index is 1050. The molecule has 42 heavy (non-hydrogen) atoms. The minimum absolute atomic E-state index is 0.0123. The Hall–Kier alpha value is -2.58. The summed E-state index contributed by atoms with van der Waals surface area (Å²) in [6.07, 6.45) is 10.4. The first-order chi connectivity index (χ1) is 20.2. The van der Waals surface area contributed by atoms with Crippen molar-refractivity contribution in [3.8, 4) is 0 Å². The average Bonchev–Trinajstić information content (AvgIpc) is 3.45. The Kier molecular flexibility index (Phi) is 14.1. The van der Waals surface area contributed by atoms with Crippen molar-refractivity contribution in [2.24, 2.45) is 11.8 Å². The molecule has 0 saturated heterocycles. The number of rotatable bonds is 18. The number of ketones is 2. The number of benzene rings is 1. The van der Waals surface area contributed by atoms with Gasteiger partial charge in [0.15, 0.2) is 5.78 Å². The Balaban J connectivity index is 1.46. The van der Waals surface area contributed by atoms with Gasteiger partial charge in [0, 0.05) is 32.2 Å². The molecule has 0 bridgehead atoms. The maximum atomic E-state index is 13.5. The van der Waals surface area contributed by atoms with Crippen LogP contribution in [0.1, 0.15) is 115 Å². The number of hydrogen-bond donors (Lipinski definition) is 1. The number of amides is 1. The SMILES string of the molecule is CCONC(=O)CCCCCCC(=O)Cc1ccc2c(c1)CN(C)[C@H](C(=O)C[C@@H](CC(C)C)C(=O)OC1CCCC1)C2. The van der Waals surface area contributed by atoms with Crippen LogP contribution in [0.5, 0.6) is 0 Å². The summed E-state index contributed by atoms with van der Waals surface area (Å²) in [5.74, 6) is -0.0586. The van der Waals surface area contributed by atoms with Crippen LogP contribution < -0.4 is 5.48 Å². The van der Waals surface area contributed by atoms with Crippen LogP contribution in [-0.4, -0.2) is 54.1 Å². The van der Waals surface area contributed by atoms with Crippen molar-refractivity contribution in [3.05, 3.63) is 34.9 Å². The molecule has 1 aliphatic carbocycles. The van der Waals surface area contributed by atoms with Crippen LogP contribution in [0.3, 0.4) is 0 Å². The summed E-state index contributed by atoms with van der Waals surface area (Å²) < 4.78 is 5.80. The Labute approximate surface area is 252 Å². The van der Waals surface area contributed by atoms with Gasteiger partial charge in [0.2, 0.25) is 5.91 Å². The molecule has 1 N–H and O–H groups in total. The smallest absolute Gasteiger partial charge is 0.309 e. The first-order valence-corrected chi connectivity index (χ1v) is 16.1. The molecule has 0 aromatic heterocycles. The first-order valence-electron chi connectivity index (χ1n) is 16.1. The fourth-order valence-electron chi connectivity index (χ4n) is 6.20. The van der Waals surface area contributed by atoms with E-state index in [0.29, 0.717) is 51.2 Å². The predicted molar refractivity (Wildman–Crippen MR) is 162 cm³/mol. The molecule has 1 saturated carbocycles. The molecule has 1 aromatic rings. The highest BCUT2D eigenvalue weighted by molar-refractivity contribution is 5.89. The van der Waals surface area contributed by atoms with Gasteiger partial charge in [-0.15, -0.1) is 0 Å². The van der Waals surface area contributed by atoms with E-state index in [1.54, 1.807) is 0 Å². The standard InChI is InChI=1S/C34H52N2O6/c1-5-41-35-33(39)15-9-7-6-8-12-29(37)20-25-16-17-26-21-31(36(4)23-28(26)19-25)32(38)22-27(18-24(2)3)34(40)42-30-13-10-11-14-30/h16-17,19,24,27,30-31H,5-15,18,20-23H2,1-4H3,(H,35,39)/t27-,31+/m1/s1. The van der Waals surface area contributed by atoms with Gasteiger partial charge < -0.3 is 4.74 Å². The van der Waals surface area contributed by atoms with Gasteiger partial charge >= 0.3 is 5.97 Å². The summed E-state index contributed by atoms with van der Waals surface area (Å²) in [6, 6.07) is 5.94. The van der Waals surface area contributed by atoms with Gasteiger partial charge in [0.25, 0.3) is 0 Å². The normalized spacial score (nSPS) is 18.1. The molecule has 1 fully saturated rings. The number of hydroxylamine groups is 1. The highest BCUT2D eigenvalue weighted by atomic mass is 16.6. The number of fused-ring (bicyclic) bond motifs is 1. The topological polar surface area (TPSA) is 102 Å². The van der Waals surface area contributed by atoms with Crippen LogP contribution >= 0.6 is 0 Å². The van der Waals surface area contributed by atoms with Gasteiger partial charge in [0.1, 0.15) is 11.9 Å². The molecule has 234 valence electrons. The first kappa shape index (κ1) is 33.9. The van der Waals surface area contributed by atoms with Crippen LogP contribution in [0, 0.1) is 11.8 Å². The second kappa shape index (κ2) is 17.5. The summed E-state index contributed by atoms with van der Waals surface area (Å²) >= 11 is 0. The van der Waals surface area contributed by atoms with Crippen LogP contribution in [0.25, 0.3) is 0 Å². The second-order valence-electron chi connectivity index (χ2n) is 12.7. The molecule has 3 rings (SSSR count). The van der Waals surface area contributed by atoms with Crippen molar-refractivity contribution < 1.29 is 28.8 Å². The van der Waals surface area contributed by atoms with E-state index in [9.17, 15) is 19.2 Å². The molecule has 8 nitrogen and oxygen atoms in total. The molecule has 0 unspecified atom stereocenters. The van der Waals surface area contributed by atoms with E-state index in [-0.39, 0.29) is 47.9 Å². The number of carbonyl (C=O) groups is 4. The van der Waals surface area contributed by atoms with Crippen molar-refractivity contribution in [2.75, 3.05) is 13.7 Å². The second-order valence-corrected chi connectivity index (χ2v) is 12.7. The van der Waals surface area contributed by atoms with Gasteiger partial charge in [0.05, 0.1) is 18.6 Å². The van der Waals surface area contributed by atoms with Crippen LogP contribution in [0.15, 0.2) is 18.2 Å². The summed E-state index contributed by atoms with van der Waals surface area (Å²) in [4.78, 5) is 57.6. The van der Waals surface area contributed by atoms with E-state index in [1.807, 2.05) is 20.0 Å². The molecule has 1 aromatic carbocycles. The predicted octanol–water partition coefficient (Wildman–Crippen LogP) is 5.67. The monoisotopic (exact) mass is 584 g/mol. The molecule has 8 heteroatoms. The highest BCUT2D eigenvalue weighted by Crippen LogP contribution is 2.29. The Morgan fingerprint density at radius 3 is 2.40 bits per heavy atom. The van der Waals surface area contributed by atoms with E-state index in [4.69, 9.17) is 9.57 Å². The third-order valence-electron chi connectivity index (χ3n) is 8.47. The van der Waals surface area contributed by atoms with Gasteiger partial charge in [-0.3, -0.25) is 28.9 Å². The number of esters is 1. The van der Waals surface area contributed by atoms with E-state index in [2.05, 4.69) is 36.4 Å². The van der Waals surface area contributed by atoms with E-state index in [1.165, 1.54) is 0 Å². The summed E-state index contributed by atoms with van der Waals surface area (Å²) in [6.45, 7) is 7.08. The van der Waals surface area contributed by atoms with Crippen molar-refractivity contribution in [2.45, 2.75) is 129 Å². The number of ether oxygens (including phenoxy) is 1. The molecule has 2 atom stereocenters. The van der Waals surface area contributed by atoms with E-state index >= 15 is 0 Å². The lowest BCUT2D eigenvalue weighted by molar-refractivity contribution is -0.156. The lowest BCUT2D eigenvalue weighted by atomic mass is 9.85. The minimum atomic E-state index is -0.388. The molecular formula is C34H52N2O6. The van der Waals surface area contributed by atoms with E-state index in [0.717, 1.165) is 68.1 Å². The molecule has 2 aliphatic rings. The zero-order valence-corrected chi connectivity index (χ0v) is 26.3. The van der Waals surface area contributed by atoms with Crippen LogP contribution in [0.2, 0.25) is 0 Å². The van der Waals surface area contributed by atoms with Crippen LogP contribution in [0.4, 0.5) is 0 Å². The van der Waals surface area contributed by atoms with Crippen molar-refractivity contribution in [1.82, 2.24) is 10.4 Å². The van der Waals surface area contributed by atoms with Crippen molar-refractivity contribution in [3.63, 3.8) is 0 Å². The Morgan fingerprint density at radius 1 is 1.00 bits per heavy atom. The lowest BCUT2D eigenvalue weighted by Crippen LogP contribution is -2.44.